The van der Waals surface area contributed by atoms with Crippen LogP contribution in [0.2, 0.25) is 10.0 Å². The SMILES string of the molecule is Clc1ccc2c(c1)CCc1cccnc1C2=C1CCN(CCCc2cnc[nH]2)CC1.O=C(CCc1cnc[nH]1)N1CCC(=C2c3ccc(Cl)cc3CCc3cccnc32)CC1. The molecule has 0 saturated carbocycles. The normalized spacial score (nSPS) is 16.4. The Morgan fingerprint density at radius 1 is 0.607 bits per heavy atom. The molecule has 61 heavy (non-hydrogen) atoms. The number of hydrogen-bond donors (Lipinski definition) is 2. The number of hydrogen-bond acceptors (Lipinski definition) is 6. The zero-order chi connectivity index (χ0) is 41.5. The molecule has 2 aliphatic heterocycles. The van der Waals surface area contributed by atoms with Crippen LogP contribution in [0.25, 0.3) is 11.1 Å². The molecule has 0 spiro atoms. The fourth-order valence-electron chi connectivity index (χ4n) is 9.57. The Morgan fingerprint density at radius 3 is 1.64 bits per heavy atom. The molecule has 2 saturated heterocycles. The number of imidazole rings is 2. The van der Waals surface area contributed by atoms with Crippen LogP contribution in [0.1, 0.15) is 94.7 Å². The third kappa shape index (κ3) is 9.60. The number of carbonyl (C=O) groups is 1. The van der Waals surface area contributed by atoms with Crippen molar-refractivity contribution in [2.75, 3.05) is 32.7 Å². The highest BCUT2D eigenvalue weighted by Crippen LogP contribution is 2.40. The van der Waals surface area contributed by atoms with Crippen molar-refractivity contribution in [3.8, 4) is 0 Å². The predicted molar refractivity (Wildman–Crippen MR) is 244 cm³/mol. The Hall–Kier alpha value is -5.35. The lowest BCUT2D eigenvalue weighted by Crippen LogP contribution is -2.36. The van der Waals surface area contributed by atoms with Gasteiger partial charge in [-0.2, -0.15) is 0 Å². The summed E-state index contributed by atoms with van der Waals surface area (Å²) in [6, 6.07) is 21.1. The number of aryl methyl sites for hydroxylation is 6. The number of carbonyl (C=O) groups excluding carboxylic acids is 1. The molecule has 0 radical (unpaired) electrons. The molecule has 4 aromatic heterocycles. The van der Waals surface area contributed by atoms with Crippen molar-refractivity contribution in [1.82, 2.24) is 39.7 Å². The molecule has 6 aromatic rings. The molecule has 2 fully saturated rings. The molecular formula is C50H52Cl2N8O. The molecule has 0 unspecified atom stereocenters. The van der Waals surface area contributed by atoms with E-state index in [0.717, 1.165) is 112 Å². The lowest BCUT2D eigenvalue weighted by atomic mass is 9.88. The average Bonchev–Trinajstić information content (AvgIpc) is 3.97. The van der Waals surface area contributed by atoms with Gasteiger partial charge in [-0.05, 0) is 147 Å². The van der Waals surface area contributed by atoms with Crippen LogP contribution in [0.5, 0.6) is 0 Å². The van der Waals surface area contributed by atoms with Gasteiger partial charge < -0.3 is 19.8 Å². The number of aromatic nitrogens is 6. The summed E-state index contributed by atoms with van der Waals surface area (Å²) >= 11 is 12.6. The number of benzene rings is 2. The summed E-state index contributed by atoms with van der Waals surface area (Å²) in [7, 11) is 0. The van der Waals surface area contributed by atoms with E-state index in [0.29, 0.717) is 12.8 Å². The molecule has 4 aliphatic rings. The Kier molecular flexibility index (Phi) is 12.9. The number of piperidine rings is 2. The van der Waals surface area contributed by atoms with E-state index >= 15 is 0 Å². The van der Waals surface area contributed by atoms with Crippen molar-refractivity contribution in [1.29, 1.82) is 0 Å². The number of aromatic amines is 2. The number of rotatable bonds is 7. The Morgan fingerprint density at radius 2 is 1.11 bits per heavy atom. The van der Waals surface area contributed by atoms with E-state index in [2.05, 4.69) is 67.3 Å². The van der Waals surface area contributed by atoms with Crippen molar-refractivity contribution in [3.05, 3.63) is 175 Å². The highest BCUT2D eigenvalue weighted by Gasteiger charge is 2.28. The fraction of sp³-hybridized carbons (Fsp3) is 0.340. The molecule has 6 heterocycles. The minimum absolute atomic E-state index is 0.213. The summed E-state index contributed by atoms with van der Waals surface area (Å²) < 4.78 is 0. The second-order valence-corrected chi connectivity index (χ2v) is 17.4. The molecule has 312 valence electrons. The first kappa shape index (κ1) is 41.0. The second kappa shape index (κ2) is 19.1. The Labute approximate surface area is 368 Å². The quantitative estimate of drug-likeness (QED) is 0.166. The van der Waals surface area contributed by atoms with Crippen molar-refractivity contribution >= 4 is 40.3 Å². The molecule has 2 N–H and O–H groups in total. The van der Waals surface area contributed by atoms with Gasteiger partial charge in [0, 0.05) is 90.0 Å². The number of H-pyrrole nitrogens is 2. The summed E-state index contributed by atoms with van der Waals surface area (Å²) in [4.78, 5) is 41.3. The maximum atomic E-state index is 12.7. The van der Waals surface area contributed by atoms with Gasteiger partial charge in [-0.15, -0.1) is 0 Å². The maximum Gasteiger partial charge on any atom is 0.222 e. The number of likely N-dealkylation sites (tertiary alicyclic amines) is 2. The Bertz CT molecular complexity index is 2520. The van der Waals surface area contributed by atoms with Crippen molar-refractivity contribution in [2.45, 2.75) is 77.0 Å². The van der Waals surface area contributed by atoms with Crippen LogP contribution in [0.3, 0.4) is 0 Å². The Balaban J connectivity index is 0.000000156. The summed E-state index contributed by atoms with van der Waals surface area (Å²) in [5, 5.41) is 1.60. The molecular weight excluding hydrogens is 800 g/mol. The number of halogens is 2. The van der Waals surface area contributed by atoms with E-state index in [4.69, 9.17) is 33.2 Å². The lowest BCUT2D eigenvalue weighted by Gasteiger charge is -2.30. The van der Waals surface area contributed by atoms with E-state index in [1.165, 1.54) is 67.9 Å². The third-order valence-electron chi connectivity index (χ3n) is 12.8. The number of nitrogens with zero attached hydrogens (tertiary/aromatic N) is 6. The van der Waals surface area contributed by atoms with Gasteiger partial charge in [0.25, 0.3) is 0 Å². The summed E-state index contributed by atoms with van der Waals surface area (Å²) in [6.45, 7) is 4.89. The molecule has 2 aromatic carbocycles. The van der Waals surface area contributed by atoms with Gasteiger partial charge in [0.05, 0.1) is 24.0 Å². The molecule has 11 heteroatoms. The van der Waals surface area contributed by atoms with Crippen molar-refractivity contribution in [2.24, 2.45) is 0 Å². The number of pyridine rings is 2. The van der Waals surface area contributed by atoms with Crippen molar-refractivity contribution < 1.29 is 4.79 Å². The van der Waals surface area contributed by atoms with E-state index in [-0.39, 0.29) is 5.91 Å². The molecule has 9 nitrogen and oxygen atoms in total. The van der Waals surface area contributed by atoms with Crippen LogP contribution in [0.4, 0.5) is 0 Å². The van der Waals surface area contributed by atoms with Gasteiger partial charge in [-0.25, -0.2) is 9.97 Å². The van der Waals surface area contributed by atoms with E-state index in [1.807, 2.05) is 41.7 Å². The van der Waals surface area contributed by atoms with E-state index in [1.54, 1.807) is 24.4 Å². The van der Waals surface area contributed by atoms with Crippen LogP contribution in [0.15, 0.2) is 109 Å². The predicted octanol–water partition coefficient (Wildman–Crippen LogP) is 9.70. The van der Waals surface area contributed by atoms with E-state index < -0.39 is 0 Å². The maximum absolute atomic E-state index is 12.7. The zero-order valence-corrected chi connectivity index (χ0v) is 36.1. The standard InChI is InChI=1S/C25H25ClN4O.C25H27ClN4/c26-20-5-7-22-19(14-20)4-3-18-2-1-11-28-25(18)24(22)17-9-12-30(13-10-17)23(31)8-6-21-15-27-16-29-21;26-21-7-8-23-20(15-21)6-5-19-3-1-11-28-25(19)24(23)18-9-13-30(14-10-18)12-2-4-22-16-27-17-29-22/h1-2,5,7,11,14-16H,3-4,6,8-10,12-13H2,(H,27,29);1,3,7-8,11,15-17H,2,4-6,9-10,12-14H2,(H,27,29). The van der Waals surface area contributed by atoms with Gasteiger partial charge >= 0.3 is 0 Å². The second-order valence-electron chi connectivity index (χ2n) is 16.6. The number of amides is 1. The largest absolute Gasteiger partial charge is 0.348 e. The zero-order valence-electron chi connectivity index (χ0n) is 34.6. The fourth-order valence-corrected chi connectivity index (χ4v) is 9.96. The van der Waals surface area contributed by atoms with Gasteiger partial charge in [0.2, 0.25) is 5.91 Å². The minimum atomic E-state index is 0.213. The van der Waals surface area contributed by atoms with Gasteiger partial charge in [-0.3, -0.25) is 14.8 Å². The van der Waals surface area contributed by atoms with Gasteiger partial charge in [-0.1, -0.05) is 58.6 Å². The number of nitrogens with one attached hydrogen (secondary N) is 2. The monoisotopic (exact) mass is 850 g/mol. The van der Waals surface area contributed by atoms with Crippen LogP contribution in [0, 0.1) is 0 Å². The molecule has 1 amide bonds. The summed E-state index contributed by atoms with van der Waals surface area (Å²) in [6.07, 6.45) is 22.3. The highest BCUT2D eigenvalue weighted by molar-refractivity contribution is 6.31. The van der Waals surface area contributed by atoms with Gasteiger partial charge in [0.15, 0.2) is 0 Å². The molecule has 0 atom stereocenters. The first-order chi connectivity index (χ1) is 30.0. The van der Waals surface area contributed by atoms with Crippen LogP contribution < -0.4 is 0 Å². The minimum Gasteiger partial charge on any atom is -0.348 e. The first-order valence-corrected chi connectivity index (χ1v) is 22.6. The number of fused-ring (bicyclic) bond motifs is 4. The lowest BCUT2D eigenvalue weighted by molar-refractivity contribution is -0.131. The smallest absolute Gasteiger partial charge is 0.222 e. The molecule has 10 rings (SSSR count). The molecule has 2 aliphatic carbocycles. The average molecular weight is 852 g/mol. The van der Waals surface area contributed by atoms with Crippen molar-refractivity contribution in [3.63, 3.8) is 0 Å². The summed E-state index contributed by atoms with van der Waals surface area (Å²) in [5.74, 6) is 0.213. The van der Waals surface area contributed by atoms with Crippen LogP contribution >= 0.6 is 23.2 Å². The first-order valence-electron chi connectivity index (χ1n) is 21.8. The van der Waals surface area contributed by atoms with Crippen LogP contribution in [-0.2, 0) is 43.3 Å². The van der Waals surface area contributed by atoms with Gasteiger partial charge in [0.1, 0.15) is 0 Å². The third-order valence-corrected chi connectivity index (χ3v) is 13.3. The van der Waals surface area contributed by atoms with E-state index in [9.17, 15) is 4.79 Å². The summed E-state index contributed by atoms with van der Waals surface area (Å²) in [5.41, 5.74) is 17.9. The highest BCUT2D eigenvalue weighted by atomic mass is 35.5. The molecule has 0 bridgehead atoms. The van der Waals surface area contributed by atoms with Crippen LogP contribution in [-0.4, -0.2) is 78.3 Å². The topological polar surface area (TPSA) is 107 Å².